The first-order valence-electron chi connectivity index (χ1n) is 11.8. The van der Waals surface area contributed by atoms with Gasteiger partial charge in [-0.1, -0.05) is 0 Å². The molecular formula is C26H26N3O7. The summed E-state index contributed by atoms with van der Waals surface area (Å²) in [5, 5.41) is 23.4. The van der Waals surface area contributed by atoms with Crippen LogP contribution in [0.4, 0.5) is 0 Å². The van der Waals surface area contributed by atoms with Crippen LogP contribution in [0.15, 0.2) is 24.3 Å². The minimum atomic E-state index is -1.14. The lowest BCUT2D eigenvalue weighted by molar-refractivity contribution is -0.292. The van der Waals surface area contributed by atoms with Crippen molar-refractivity contribution in [1.29, 1.82) is 0 Å². The first-order valence-corrected chi connectivity index (χ1v) is 11.8. The zero-order valence-electron chi connectivity index (χ0n) is 20.5. The maximum absolute atomic E-state index is 13.7. The molecule has 0 bridgehead atoms. The lowest BCUT2D eigenvalue weighted by atomic mass is 9.77. The molecule has 5 rings (SSSR count). The van der Waals surface area contributed by atoms with Crippen molar-refractivity contribution in [3.8, 4) is 0 Å². The maximum atomic E-state index is 13.7. The predicted octanol–water partition coefficient (Wildman–Crippen LogP) is 2.87. The molecule has 1 saturated heterocycles. The van der Waals surface area contributed by atoms with Crippen LogP contribution < -0.4 is 0 Å². The second kappa shape index (κ2) is 7.68. The van der Waals surface area contributed by atoms with Gasteiger partial charge in [0.15, 0.2) is 0 Å². The summed E-state index contributed by atoms with van der Waals surface area (Å²) < 4.78 is 0. The number of rotatable bonds is 4. The largest absolute Gasteiger partial charge is 0.481 e. The van der Waals surface area contributed by atoms with Crippen LogP contribution in [-0.2, 0) is 10.0 Å². The van der Waals surface area contributed by atoms with Gasteiger partial charge in [0.25, 0.3) is 23.6 Å². The molecular weight excluding hydrogens is 466 g/mol. The number of piperidine rings is 1. The van der Waals surface area contributed by atoms with Gasteiger partial charge in [-0.05, 0) is 64.8 Å². The van der Waals surface area contributed by atoms with Crippen molar-refractivity contribution in [3.05, 3.63) is 46.5 Å². The number of carbonyl (C=O) groups excluding carboxylic acids is 4. The number of nitrogens with zero attached hydrogens (tertiary/aromatic N) is 3. The van der Waals surface area contributed by atoms with Crippen LogP contribution in [0.1, 0.15) is 88.4 Å². The molecule has 10 nitrogen and oxygen atoms in total. The van der Waals surface area contributed by atoms with Crippen LogP contribution in [0.3, 0.4) is 0 Å². The molecule has 1 fully saturated rings. The smallest absolute Gasteiger partial charge is 0.305 e. The Hall–Kier alpha value is -3.63. The molecule has 0 aromatic heterocycles. The molecule has 2 aromatic rings. The third kappa shape index (κ3) is 3.28. The van der Waals surface area contributed by atoms with Crippen molar-refractivity contribution >= 4 is 40.4 Å². The molecule has 3 aliphatic heterocycles. The highest BCUT2D eigenvalue weighted by molar-refractivity contribution is 6.33. The van der Waals surface area contributed by atoms with Crippen LogP contribution in [0, 0.1) is 0 Å². The van der Waals surface area contributed by atoms with E-state index in [9.17, 15) is 29.2 Å². The van der Waals surface area contributed by atoms with E-state index in [0.717, 1.165) is 9.96 Å². The first kappa shape index (κ1) is 24.1. The number of carboxylic acids is 1. The van der Waals surface area contributed by atoms with E-state index in [1.807, 2.05) is 0 Å². The molecule has 3 heterocycles. The average Bonchev–Trinajstić information content (AvgIpc) is 2.79. The van der Waals surface area contributed by atoms with Crippen LogP contribution in [0.25, 0.3) is 10.8 Å². The van der Waals surface area contributed by atoms with E-state index in [0.29, 0.717) is 12.8 Å². The number of hydrogen-bond donors (Lipinski definition) is 1. The zero-order valence-corrected chi connectivity index (χ0v) is 20.5. The summed E-state index contributed by atoms with van der Waals surface area (Å²) in [5.41, 5.74) is -0.877. The van der Waals surface area contributed by atoms with Crippen molar-refractivity contribution in [2.75, 3.05) is 6.54 Å². The van der Waals surface area contributed by atoms with Gasteiger partial charge < -0.3 is 5.11 Å². The number of hydroxylamine groups is 2. The summed E-state index contributed by atoms with van der Waals surface area (Å²) in [5.74, 6) is -3.52. The van der Waals surface area contributed by atoms with Crippen molar-refractivity contribution in [3.63, 3.8) is 0 Å². The van der Waals surface area contributed by atoms with Gasteiger partial charge in [0.05, 0.1) is 6.42 Å². The van der Waals surface area contributed by atoms with Crippen LogP contribution in [-0.4, -0.2) is 73.2 Å². The van der Waals surface area contributed by atoms with E-state index in [-0.39, 0.29) is 39.6 Å². The Labute approximate surface area is 207 Å². The van der Waals surface area contributed by atoms with Gasteiger partial charge in [0.1, 0.15) is 0 Å². The number of imide groups is 2. The highest BCUT2D eigenvalue weighted by atomic mass is 16.5. The normalized spacial score (nSPS) is 21.5. The molecule has 10 heteroatoms. The second-order valence-electron chi connectivity index (χ2n) is 10.9. The topological polar surface area (TPSA) is 135 Å². The molecule has 0 spiro atoms. The van der Waals surface area contributed by atoms with Gasteiger partial charge in [-0.2, -0.15) is 0 Å². The molecule has 36 heavy (non-hydrogen) atoms. The van der Waals surface area contributed by atoms with Crippen molar-refractivity contribution in [2.45, 2.75) is 64.1 Å². The van der Waals surface area contributed by atoms with E-state index in [4.69, 9.17) is 5.11 Å². The Morgan fingerprint density at radius 1 is 0.806 bits per heavy atom. The predicted molar refractivity (Wildman–Crippen MR) is 126 cm³/mol. The minimum absolute atomic E-state index is 0.145. The lowest BCUT2D eigenvalue weighted by Gasteiger charge is -2.52. The quantitative estimate of drug-likeness (QED) is 0.648. The summed E-state index contributed by atoms with van der Waals surface area (Å²) in [7, 11) is 0. The van der Waals surface area contributed by atoms with Crippen molar-refractivity contribution in [1.82, 2.24) is 14.9 Å². The fraction of sp³-hybridized carbons (Fsp3) is 0.423. The van der Waals surface area contributed by atoms with Gasteiger partial charge in [-0.15, -0.1) is 10.3 Å². The number of amides is 4. The molecule has 0 saturated carbocycles. The Balaban J connectivity index is 1.61. The number of hydrogen-bond acceptors (Lipinski definition) is 6. The summed E-state index contributed by atoms with van der Waals surface area (Å²) in [6.07, 6.45) is 0.218. The highest BCUT2D eigenvalue weighted by Crippen LogP contribution is 2.43. The van der Waals surface area contributed by atoms with Crippen LogP contribution >= 0.6 is 0 Å². The summed E-state index contributed by atoms with van der Waals surface area (Å²) in [6, 6.07) is 5.36. The Bertz CT molecular complexity index is 1300. The lowest BCUT2D eigenvalue weighted by Crippen LogP contribution is -2.64. The number of carbonyl (C=O) groups is 5. The second-order valence-corrected chi connectivity index (χ2v) is 10.9. The van der Waals surface area contributed by atoms with Gasteiger partial charge in [0, 0.05) is 56.7 Å². The molecule has 1 N–H and O–H groups in total. The third-order valence-electron chi connectivity index (χ3n) is 7.49. The Morgan fingerprint density at radius 3 is 1.58 bits per heavy atom. The van der Waals surface area contributed by atoms with E-state index >= 15 is 0 Å². The zero-order chi connectivity index (χ0) is 26.3. The third-order valence-corrected chi connectivity index (χ3v) is 7.49. The van der Waals surface area contributed by atoms with E-state index < -0.39 is 53.1 Å². The highest BCUT2D eigenvalue weighted by Gasteiger charge is 2.51. The molecule has 3 aliphatic rings. The molecule has 1 radical (unpaired) electrons. The number of benzene rings is 2. The fourth-order valence-corrected chi connectivity index (χ4v) is 6.08. The van der Waals surface area contributed by atoms with Gasteiger partial charge in [0.2, 0.25) is 0 Å². The van der Waals surface area contributed by atoms with E-state index in [2.05, 4.69) is 0 Å². The first-order chi connectivity index (χ1) is 16.8. The summed E-state index contributed by atoms with van der Waals surface area (Å²) in [4.78, 5) is 66.8. The molecule has 0 unspecified atom stereocenters. The summed E-state index contributed by atoms with van der Waals surface area (Å²) in [6.45, 7) is 6.88. The molecule has 0 aliphatic carbocycles. The maximum Gasteiger partial charge on any atom is 0.305 e. The van der Waals surface area contributed by atoms with Crippen LogP contribution in [0.2, 0.25) is 0 Å². The van der Waals surface area contributed by atoms with E-state index in [1.54, 1.807) is 27.7 Å². The van der Waals surface area contributed by atoms with Gasteiger partial charge in [-0.25, -0.2) is 0 Å². The van der Waals surface area contributed by atoms with Crippen LogP contribution in [0.5, 0.6) is 0 Å². The SMILES string of the molecule is CC1(C)CC(N2C(=O)c3ccc4c5c(ccc(c35)C2=O)C(=O)N(CCC(=O)O)C4=O)CC(C)(C)N1[O]. The van der Waals surface area contributed by atoms with Crippen molar-refractivity contribution in [2.24, 2.45) is 0 Å². The molecule has 4 amide bonds. The minimum Gasteiger partial charge on any atom is -0.481 e. The van der Waals surface area contributed by atoms with Gasteiger partial charge >= 0.3 is 5.97 Å². The number of carboxylic acid groups (broad SMARTS) is 1. The summed E-state index contributed by atoms with van der Waals surface area (Å²) >= 11 is 0. The molecule has 2 aromatic carbocycles. The average molecular weight is 493 g/mol. The van der Waals surface area contributed by atoms with E-state index in [1.165, 1.54) is 29.2 Å². The number of aliphatic carboxylic acids is 1. The molecule has 0 atom stereocenters. The van der Waals surface area contributed by atoms with Gasteiger partial charge in [-0.3, -0.25) is 33.8 Å². The fourth-order valence-electron chi connectivity index (χ4n) is 6.08. The Morgan fingerprint density at radius 2 is 1.19 bits per heavy atom. The Kier molecular flexibility index (Phi) is 5.14. The molecule has 187 valence electrons. The van der Waals surface area contributed by atoms with Crippen molar-refractivity contribution < 1.29 is 34.3 Å². The standard InChI is InChI=1S/C26H26N3O7/c1-25(2)11-13(12-26(3,4)29(25)36)28-23(34)16-7-5-14-19-15(6-8-17(20(16)19)24(28)35)22(33)27(21(14)32)10-9-18(30)31/h5-8,13H,9-12H2,1-4H3,(H,30,31). The monoisotopic (exact) mass is 492 g/mol.